The minimum atomic E-state index is -0.112. The van der Waals surface area contributed by atoms with Crippen LogP contribution >= 0.6 is 15.9 Å². The van der Waals surface area contributed by atoms with E-state index < -0.39 is 0 Å². The predicted molar refractivity (Wildman–Crippen MR) is 98.6 cm³/mol. The van der Waals surface area contributed by atoms with Crippen LogP contribution in [0, 0.1) is 6.92 Å². The molecule has 0 bridgehead atoms. The van der Waals surface area contributed by atoms with E-state index in [-0.39, 0.29) is 5.78 Å². The summed E-state index contributed by atoms with van der Waals surface area (Å²) in [5.74, 6) is 1.48. The highest BCUT2D eigenvalue weighted by molar-refractivity contribution is 9.10. The summed E-state index contributed by atoms with van der Waals surface area (Å²) >= 11 is 3.43. The fraction of sp³-hybridized carbons (Fsp3) is 0.150. The predicted octanol–water partition coefficient (Wildman–Crippen LogP) is 5.33. The Morgan fingerprint density at radius 2 is 2.12 bits per heavy atom. The number of benzene rings is 2. The van der Waals surface area contributed by atoms with Gasteiger partial charge in [-0.05, 0) is 55.3 Å². The number of hydrogen-bond acceptors (Lipinski definition) is 3. The molecule has 0 saturated heterocycles. The van der Waals surface area contributed by atoms with Crippen molar-refractivity contribution in [3.8, 4) is 11.5 Å². The van der Waals surface area contributed by atoms with Crippen molar-refractivity contribution in [1.29, 1.82) is 0 Å². The Morgan fingerprint density at radius 1 is 1.33 bits per heavy atom. The molecule has 0 unspecified atom stereocenters. The largest absolute Gasteiger partial charge is 0.489 e. The standard InChI is InChI=1S/C20H17BrO3/c1-12(2)11-23-17-8-7-16-19(22)18(24-20(16)13(17)3)10-14-5-4-6-15(21)9-14/h4-10H,1,11H2,2-3H3/b18-10-. The first-order valence-electron chi connectivity index (χ1n) is 7.56. The monoisotopic (exact) mass is 384 g/mol. The average Bonchev–Trinajstić information content (AvgIpc) is 2.84. The maximum atomic E-state index is 12.6. The molecule has 0 N–H and O–H groups in total. The molecule has 1 aliphatic heterocycles. The van der Waals surface area contributed by atoms with Crippen LogP contribution in [0.2, 0.25) is 0 Å². The van der Waals surface area contributed by atoms with Crippen LogP contribution in [-0.2, 0) is 0 Å². The van der Waals surface area contributed by atoms with E-state index >= 15 is 0 Å². The molecule has 0 radical (unpaired) electrons. The van der Waals surface area contributed by atoms with Gasteiger partial charge in [-0.15, -0.1) is 0 Å². The highest BCUT2D eigenvalue weighted by Crippen LogP contribution is 2.39. The Morgan fingerprint density at radius 3 is 2.83 bits per heavy atom. The Bertz CT molecular complexity index is 865. The number of carbonyl (C=O) groups excluding carboxylic acids is 1. The molecule has 3 rings (SSSR count). The summed E-state index contributed by atoms with van der Waals surface area (Å²) in [7, 11) is 0. The Balaban J connectivity index is 1.92. The van der Waals surface area contributed by atoms with Gasteiger partial charge in [-0.25, -0.2) is 0 Å². The summed E-state index contributed by atoms with van der Waals surface area (Å²) in [5, 5.41) is 0. The minimum Gasteiger partial charge on any atom is -0.489 e. The van der Waals surface area contributed by atoms with Crippen LogP contribution < -0.4 is 9.47 Å². The molecule has 1 aliphatic rings. The van der Waals surface area contributed by atoms with Gasteiger partial charge in [0.15, 0.2) is 5.76 Å². The van der Waals surface area contributed by atoms with Crippen molar-refractivity contribution in [1.82, 2.24) is 0 Å². The van der Waals surface area contributed by atoms with Gasteiger partial charge in [-0.2, -0.15) is 0 Å². The summed E-state index contributed by atoms with van der Waals surface area (Å²) in [6, 6.07) is 11.3. The van der Waals surface area contributed by atoms with E-state index in [9.17, 15) is 4.79 Å². The first-order chi connectivity index (χ1) is 11.5. The number of ketones is 1. The molecule has 0 amide bonds. The minimum absolute atomic E-state index is 0.112. The van der Waals surface area contributed by atoms with E-state index in [1.54, 1.807) is 18.2 Å². The SMILES string of the molecule is C=C(C)COc1ccc2c(c1C)O/C(=C\c1cccc(Br)c1)C2=O. The maximum absolute atomic E-state index is 12.6. The molecule has 0 fully saturated rings. The smallest absolute Gasteiger partial charge is 0.231 e. The fourth-order valence-corrected chi connectivity index (χ4v) is 2.89. The summed E-state index contributed by atoms with van der Waals surface area (Å²) in [4.78, 5) is 12.6. The lowest BCUT2D eigenvalue weighted by Gasteiger charge is -2.11. The van der Waals surface area contributed by atoms with Gasteiger partial charge < -0.3 is 9.47 Å². The van der Waals surface area contributed by atoms with E-state index in [4.69, 9.17) is 9.47 Å². The average molecular weight is 385 g/mol. The fourth-order valence-electron chi connectivity index (χ4n) is 2.47. The van der Waals surface area contributed by atoms with E-state index in [1.807, 2.05) is 38.1 Å². The van der Waals surface area contributed by atoms with Gasteiger partial charge in [0.2, 0.25) is 5.78 Å². The lowest BCUT2D eigenvalue weighted by molar-refractivity contribution is 0.101. The summed E-state index contributed by atoms with van der Waals surface area (Å²) in [6.07, 6.45) is 1.75. The second-order valence-electron chi connectivity index (χ2n) is 5.81. The zero-order valence-corrected chi connectivity index (χ0v) is 15.1. The normalized spacial score (nSPS) is 14.5. The number of Topliss-reactive ketones (excluding diaryl/α,β-unsaturated/α-hetero) is 1. The summed E-state index contributed by atoms with van der Waals surface area (Å²) < 4.78 is 12.5. The van der Waals surface area contributed by atoms with Crippen LogP contribution in [0.5, 0.6) is 11.5 Å². The Hall–Kier alpha value is -2.33. The Kier molecular flexibility index (Phi) is 4.58. The van der Waals surface area contributed by atoms with Crippen molar-refractivity contribution in [3.05, 3.63) is 75.5 Å². The number of fused-ring (bicyclic) bond motifs is 1. The number of ether oxygens (including phenoxy) is 2. The van der Waals surface area contributed by atoms with Gasteiger partial charge in [0.05, 0.1) is 5.56 Å². The molecule has 0 saturated carbocycles. The number of allylic oxidation sites excluding steroid dienone is 1. The van der Waals surface area contributed by atoms with Crippen molar-refractivity contribution in [2.75, 3.05) is 6.61 Å². The number of rotatable bonds is 4. The first kappa shape index (κ1) is 16.5. The van der Waals surface area contributed by atoms with Crippen LogP contribution in [0.15, 0.2) is 58.8 Å². The van der Waals surface area contributed by atoms with E-state index in [1.165, 1.54) is 0 Å². The number of carbonyl (C=O) groups is 1. The van der Waals surface area contributed by atoms with Gasteiger partial charge in [0.25, 0.3) is 0 Å². The van der Waals surface area contributed by atoms with Gasteiger partial charge >= 0.3 is 0 Å². The van der Waals surface area contributed by atoms with Gasteiger partial charge in [0.1, 0.15) is 18.1 Å². The van der Waals surface area contributed by atoms with E-state index in [0.29, 0.717) is 29.4 Å². The van der Waals surface area contributed by atoms with Crippen LogP contribution in [0.4, 0.5) is 0 Å². The van der Waals surface area contributed by atoms with Crippen molar-refractivity contribution in [2.24, 2.45) is 0 Å². The molecule has 122 valence electrons. The third-order valence-electron chi connectivity index (χ3n) is 3.66. The molecule has 0 atom stereocenters. The molecule has 2 aromatic rings. The first-order valence-corrected chi connectivity index (χ1v) is 8.35. The van der Waals surface area contributed by atoms with E-state index in [2.05, 4.69) is 22.5 Å². The van der Waals surface area contributed by atoms with Crippen LogP contribution in [0.1, 0.15) is 28.4 Å². The zero-order chi connectivity index (χ0) is 17.3. The molecule has 0 aromatic heterocycles. The number of hydrogen-bond donors (Lipinski definition) is 0. The topological polar surface area (TPSA) is 35.5 Å². The molecule has 2 aromatic carbocycles. The molecular weight excluding hydrogens is 368 g/mol. The quantitative estimate of drug-likeness (QED) is 0.527. The molecule has 3 nitrogen and oxygen atoms in total. The summed E-state index contributed by atoms with van der Waals surface area (Å²) in [5.41, 5.74) is 3.22. The van der Waals surface area contributed by atoms with Crippen LogP contribution in [-0.4, -0.2) is 12.4 Å². The van der Waals surface area contributed by atoms with Crippen molar-refractivity contribution in [3.63, 3.8) is 0 Å². The van der Waals surface area contributed by atoms with Crippen LogP contribution in [0.3, 0.4) is 0 Å². The van der Waals surface area contributed by atoms with Crippen molar-refractivity contribution < 1.29 is 14.3 Å². The van der Waals surface area contributed by atoms with Crippen LogP contribution in [0.25, 0.3) is 6.08 Å². The van der Waals surface area contributed by atoms with Gasteiger partial charge in [0, 0.05) is 10.0 Å². The maximum Gasteiger partial charge on any atom is 0.231 e. The zero-order valence-electron chi connectivity index (χ0n) is 13.6. The van der Waals surface area contributed by atoms with Gasteiger partial charge in [-0.1, -0.05) is 34.6 Å². The summed E-state index contributed by atoms with van der Waals surface area (Å²) in [6.45, 7) is 8.06. The second-order valence-corrected chi connectivity index (χ2v) is 6.72. The van der Waals surface area contributed by atoms with E-state index in [0.717, 1.165) is 21.2 Å². The van der Waals surface area contributed by atoms with Crippen molar-refractivity contribution >= 4 is 27.8 Å². The molecular formula is C20H17BrO3. The lowest BCUT2D eigenvalue weighted by Crippen LogP contribution is -2.00. The third-order valence-corrected chi connectivity index (χ3v) is 4.15. The Labute approximate surface area is 149 Å². The van der Waals surface area contributed by atoms with Gasteiger partial charge in [-0.3, -0.25) is 4.79 Å². The highest BCUT2D eigenvalue weighted by Gasteiger charge is 2.30. The highest BCUT2D eigenvalue weighted by atomic mass is 79.9. The molecule has 24 heavy (non-hydrogen) atoms. The lowest BCUT2D eigenvalue weighted by atomic mass is 10.1. The molecule has 0 aliphatic carbocycles. The molecule has 1 heterocycles. The van der Waals surface area contributed by atoms with Crippen molar-refractivity contribution in [2.45, 2.75) is 13.8 Å². The third kappa shape index (κ3) is 3.29. The molecule has 4 heteroatoms. The second kappa shape index (κ2) is 6.65. The number of halogens is 1. The molecule has 0 spiro atoms.